The fourth-order valence-electron chi connectivity index (χ4n) is 1.45. The minimum Gasteiger partial charge on any atom is -0.337 e. The predicted molar refractivity (Wildman–Crippen MR) is 56.6 cm³/mol. The van der Waals surface area contributed by atoms with Crippen molar-refractivity contribution in [2.75, 3.05) is 0 Å². The molecule has 1 N–H and O–H groups in total. The highest BCUT2D eigenvalue weighted by atomic mass is 32.1. The van der Waals surface area contributed by atoms with Crippen LogP contribution < -0.4 is 0 Å². The van der Waals surface area contributed by atoms with E-state index in [-0.39, 0.29) is 0 Å². The van der Waals surface area contributed by atoms with Crippen molar-refractivity contribution in [1.29, 1.82) is 0 Å². The Balaban J connectivity index is 2.14. The Labute approximate surface area is 87.2 Å². The quantitative estimate of drug-likeness (QED) is 0.783. The van der Waals surface area contributed by atoms with Gasteiger partial charge in [0.2, 0.25) is 0 Å². The van der Waals surface area contributed by atoms with Crippen LogP contribution in [0.2, 0.25) is 0 Å². The third kappa shape index (κ3) is 1.77. The smallest absolute Gasteiger partial charge is 0.177 e. The molecule has 0 saturated carbocycles. The summed E-state index contributed by atoms with van der Waals surface area (Å²) in [5, 5.41) is 4.15. The molecule has 0 aliphatic rings. The Morgan fingerprint density at radius 1 is 1.57 bits per heavy atom. The number of imidazole rings is 1. The molecule has 2 aromatic heterocycles. The van der Waals surface area contributed by atoms with Gasteiger partial charge in [0.15, 0.2) is 4.77 Å². The maximum absolute atomic E-state index is 5.13. The fourth-order valence-corrected chi connectivity index (χ4v) is 1.75. The van der Waals surface area contributed by atoms with Crippen molar-refractivity contribution < 1.29 is 0 Å². The van der Waals surface area contributed by atoms with Gasteiger partial charge in [-0.3, -0.25) is 4.68 Å². The zero-order chi connectivity index (χ0) is 9.97. The second-order valence-corrected chi connectivity index (χ2v) is 3.64. The maximum Gasteiger partial charge on any atom is 0.177 e. The topological polar surface area (TPSA) is 38.5 Å². The van der Waals surface area contributed by atoms with Gasteiger partial charge in [-0.2, -0.15) is 5.10 Å². The van der Waals surface area contributed by atoms with E-state index in [9.17, 15) is 0 Å². The molecule has 0 amide bonds. The molecule has 2 heterocycles. The first-order valence-corrected chi connectivity index (χ1v) is 4.91. The first-order valence-electron chi connectivity index (χ1n) is 4.50. The van der Waals surface area contributed by atoms with Gasteiger partial charge in [0, 0.05) is 24.8 Å². The van der Waals surface area contributed by atoms with Crippen molar-refractivity contribution in [2.45, 2.75) is 19.5 Å². The number of aromatic amines is 1. The molecule has 1 unspecified atom stereocenters. The lowest BCUT2D eigenvalue weighted by atomic mass is 10.3. The lowest BCUT2D eigenvalue weighted by Gasteiger charge is -2.12. The van der Waals surface area contributed by atoms with E-state index < -0.39 is 0 Å². The van der Waals surface area contributed by atoms with Crippen molar-refractivity contribution in [2.24, 2.45) is 0 Å². The van der Waals surface area contributed by atoms with Crippen LogP contribution in [0.15, 0.2) is 30.9 Å². The van der Waals surface area contributed by atoms with Crippen LogP contribution in [-0.2, 0) is 6.54 Å². The van der Waals surface area contributed by atoms with Gasteiger partial charge in [-0.15, -0.1) is 0 Å². The first kappa shape index (κ1) is 9.21. The second kappa shape index (κ2) is 3.79. The number of hydrogen-bond acceptors (Lipinski definition) is 2. The van der Waals surface area contributed by atoms with Gasteiger partial charge in [0.05, 0.1) is 12.6 Å². The Morgan fingerprint density at radius 3 is 3.00 bits per heavy atom. The number of H-pyrrole nitrogens is 1. The van der Waals surface area contributed by atoms with E-state index in [0.717, 1.165) is 11.3 Å². The summed E-state index contributed by atoms with van der Waals surface area (Å²) in [5.74, 6) is 0. The Hall–Kier alpha value is -1.36. The summed E-state index contributed by atoms with van der Waals surface area (Å²) in [5.41, 5.74) is 0. The third-order valence-corrected chi connectivity index (χ3v) is 2.49. The molecule has 2 rings (SSSR count). The Bertz CT molecular complexity index is 439. The maximum atomic E-state index is 5.13. The number of aromatic nitrogens is 4. The molecule has 4 nitrogen and oxygen atoms in total. The molecule has 0 aliphatic heterocycles. The molecule has 2 aromatic rings. The van der Waals surface area contributed by atoms with E-state index in [1.165, 1.54) is 0 Å². The summed E-state index contributed by atoms with van der Waals surface area (Å²) in [4.78, 5) is 2.98. The van der Waals surface area contributed by atoms with Gasteiger partial charge >= 0.3 is 0 Å². The van der Waals surface area contributed by atoms with Crippen LogP contribution in [0.5, 0.6) is 0 Å². The van der Waals surface area contributed by atoms with Crippen molar-refractivity contribution in [3.63, 3.8) is 0 Å². The van der Waals surface area contributed by atoms with Crippen molar-refractivity contribution in [1.82, 2.24) is 19.3 Å². The number of rotatable bonds is 3. The van der Waals surface area contributed by atoms with E-state index in [1.54, 1.807) is 6.20 Å². The molecular formula is C9H12N4S. The van der Waals surface area contributed by atoms with Gasteiger partial charge in [-0.05, 0) is 25.2 Å². The molecule has 74 valence electrons. The number of nitrogens with zero attached hydrogens (tertiary/aromatic N) is 3. The standard InChI is InChI=1S/C9H12N4S/c1-8(7-12-5-2-3-11-12)13-6-4-10-9(13)14/h2-6,8H,7H2,1H3,(H,10,14). The van der Waals surface area contributed by atoms with Crippen LogP contribution in [0, 0.1) is 4.77 Å². The van der Waals surface area contributed by atoms with E-state index in [0.29, 0.717) is 6.04 Å². The van der Waals surface area contributed by atoms with Crippen LogP contribution in [-0.4, -0.2) is 19.3 Å². The second-order valence-electron chi connectivity index (χ2n) is 3.25. The summed E-state index contributed by atoms with van der Waals surface area (Å²) >= 11 is 5.13. The predicted octanol–water partition coefficient (Wildman–Crippen LogP) is 2.00. The van der Waals surface area contributed by atoms with Gasteiger partial charge < -0.3 is 9.55 Å². The average molecular weight is 208 g/mol. The van der Waals surface area contributed by atoms with E-state index in [4.69, 9.17) is 12.2 Å². The molecule has 0 aromatic carbocycles. The Kier molecular flexibility index (Phi) is 2.49. The van der Waals surface area contributed by atoms with Crippen molar-refractivity contribution >= 4 is 12.2 Å². The minimum absolute atomic E-state index is 0.314. The highest BCUT2D eigenvalue weighted by Crippen LogP contribution is 2.08. The largest absolute Gasteiger partial charge is 0.337 e. The summed E-state index contributed by atoms with van der Waals surface area (Å²) in [7, 11) is 0. The summed E-state index contributed by atoms with van der Waals surface area (Å²) in [6.07, 6.45) is 7.54. The monoisotopic (exact) mass is 208 g/mol. The van der Waals surface area contributed by atoms with Crippen LogP contribution in [0.4, 0.5) is 0 Å². The van der Waals surface area contributed by atoms with Crippen molar-refractivity contribution in [3.05, 3.63) is 35.6 Å². The molecule has 0 radical (unpaired) electrons. The number of nitrogens with one attached hydrogen (secondary N) is 1. The normalized spacial score (nSPS) is 12.9. The molecule has 0 spiro atoms. The van der Waals surface area contributed by atoms with E-state index in [1.807, 2.05) is 33.9 Å². The zero-order valence-corrected chi connectivity index (χ0v) is 8.74. The molecule has 0 bridgehead atoms. The third-order valence-electron chi connectivity index (χ3n) is 2.16. The van der Waals surface area contributed by atoms with Crippen LogP contribution in [0.3, 0.4) is 0 Å². The molecule has 0 saturated heterocycles. The minimum atomic E-state index is 0.314. The van der Waals surface area contributed by atoms with Crippen LogP contribution in [0.1, 0.15) is 13.0 Å². The zero-order valence-electron chi connectivity index (χ0n) is 7.92. The summed E-state index contributed by atoms with van der Waals surface area (Å²) in [6, 6.07) is 2.23. The molecule has 0 fully saturated rings. The summed E-state index contributed by atoms with van der Waals surface area (Å²) in [6.45, 7) is 2.95. The fraction of sp³-hybridized carbons (Fsp3) is 0.333. The van der Waals surface area contributed by atoms with E-state index in [2.05, 4.69) is 17.0 Å². The first-order chi connectivity index (χ1) is 6.77. The molecule has 0 aliphatic carbocycles. The molecular weight excluding hydrogens is 196 g/mol. The lowest BCUT2D eigenvalue weighted by Crippen LogP contribution is -2.12. The Morgan fingerprint density at radius 2 is 2.43 bits per heavy atom. The van der Waals surface area contributed by atoms with Crippen LogP contribution >= 0.6 is 12.2 Å². The lowest BCUT2D eigenvalue weighted by molar-refractivity contribution is 0.434. The van der Waals surface area contributed by atoms with E-state index >= 15 is 0 Å². The van der Waals surface area contributed by atoms with Gasteiger partial charge in [-0.25, -0.2) is 0 Å². The summed E-state index contributed by atoms with van der Waals surface area (Å²) < 4.78 is 4.68. The van der Waals surface area contributed by atoms with Crippen molar-refractivity contribution in [3.8, 4) is 0 Å². The number of hydrogen-bond donors (Lipinski definition) is 1. The average Bonchev–Trinajstić information content (AvgIpc) is 2.75. The van der Waals surface area contributed by atoms with Gasteiger partial charge in [0.1, 0.15) is 0 Å². The molecule has 14 heavy (non-hydrogen) atoms. The highest BCUT2D eigenvalue weighted by Gasteiger charge is 2.05. The van der Waals surface area contributed by atoms with Gasteiger partial charge in [0.25, 0.3) is 0 Å². The molecule has 5 heteroatoms. The molecule has 1 atom stereocenters. The SMILES string of the molecule is CC(Cn1cccn1)n1cc[nH]c1=S. The van der Waals surface area contributed by atoms with Crippen LogP contribution in [0.25, 0.3) is 0 Å². The van der Waals surface area contributed by atoms with Gasteiger partial charge in [-0.1, -0.05) is 0 Å². The highest BCUT2D eigenvalue weighted by molar-refractivity contribution is 7.71.